The zero-order valence-electron chi connectivity index (χ0n) is 7.01. The van der Waals surface area contributed by atoms with Crippen molar-refractivity contribution in [2.75, 3.05) is 13.1 Å². The zero-order chi connectivity index (χ0) is 8.81. The summed E-state index contributed by atoms with van der Waals surface area (Å²) in [6, 6.07) is 8.37. The molecule has 0 aliphatic carbocycles. The average molecular weight is 186 g/mol. The lowest BCUT2D eigenvalue weighted by Crippen LogP contribution is -2.09. The van der Waals surface area contributed by atoms with Crippen LogP contribution in [0.25, 0.3) is 0 Å². The van der Waals surface area contributed by atoms with E-state index in [2.05, 4.69) is 5.32 Å². The number of benzene rings is 1. The summed E-state index contributed by atoms with van der Waals surface area (Å²) in [5.74, 6) is 0.879. The van der Waals surface area contributed by atoms with Crippen molar-refractivity contribution in [2.24, 2.45) is 0 Å². The predicted octanol–water partition coefficient (Wildman–Crippen LogP) is 1.98. The molecule has 1 N–H and O–H groups in total. The van der Waals surface area contributed by atoms with Gasteiger partial charge in [0.05, 0.1) is 13.1 Å². The Morgan fingerprint density at radius 2 is 2.33 bits per heavy atom. The molecule has 0 unspecified atom stereocenters. The van der Waals surface area contributed by atoms with Gasteiger partial charge in [-0.25, -0.2) is 0 Å². The smallest absolute Gasteiger partial charge is 0.119 e. The summed E-state index contributed by atoms with van der Waals surface area (Å²) in [6.07, 6.45) is 0. The fourth-order valence-corrected chi connectivity index (χ4v) is 1.07. The van der Waals surface area contributed by atoms with Crippen LogP contribution in [0.4, 0.5) is 0 Å². The van der Waals surface area contributed by atoms with Crippen molar-refractivity contribution in [2.45, 2.75) is 6.54 Å². The van der Waals surface area contributed by atoms with Crippen molar-refractivity contribution in [3.63, 3.8) is 0 Å². The second-order valence-corrected chi connectivity index (χ2v) is 2.68. The fourth-order valence-electron chi connectivity index (χ4n) is 0.974. The Balaban J connectivity index is 2.60. The summed E-state index contributed by atoms with van der Waals surface area (Å²) in [7, 11) is 1.66. The lowest BCUT2D eigenvalue weighted by molar-refractivity contribution is 0.414. The molecule has 0 spiro atoms. The molecule has 0 aliphatic heterocycles. The molecule has 0 aliphatic rings. The Morgan fingerprint density at radius 3 is 3.00 bits per heavy atom. The highest BCUT2D eigenvalue weighted by Gasteiger charge is 1.93. The highest BCUT2D eigenvalue weighted by molar-refractivity contribution is 6.17. The van der Waals surface area contributed by atoms with Gasteiger partial charge in [0, 0.05) is 6.54 Å². The number of alkyl halides is 1. The average Bonchev–Trinajstić information content (AvgIpc) is 2.15. The van der Waals surface area contributed by atoms with Crippen LogP contribution in [0.15, 0.2) is 24.3 Å². The molecule has 0 fully saturated rings. The third-order valence-corrected chi connectivity index (χ3v) is 1.75. The zero-order valence-corrected chi connectivity index (χ0v) is 7.77. The van der Waals surface area contributed by atoms with E-state index in [9.17, 15) is 0 Å². The van der Waals surface area contributed by atoms with Crippen LogP contribution in [0.1, 0.15) is 5.56 Å². The number of halogens is 1. The van der Waals surface area contributed by atoms with Crippen molar-refractivity contribution >= 4 is 11.6 Å². The number of hydrogen-bond donors (Lipinski definition) is 1. The predicted molar refractivity (Wildman–Crippen MR) is 50.6 cm³/mol. The standard InChI is InChI=1S/C9H12ClNO/c1-12-9-4-2-3-8(5-9)6-11-7-10/h2-5,11H,6-7H2,1H3. The van der Waals surface area contributed by atoms with E-state index in [-0.39, 0.29) is 0 Å². The molecule has 0 radical (unpaired) electrons. The molecule has 0 saturated carbocycles. The summed E-state index contributed by atoms with van der Waals surface area (Å²) >= 11 is 5.48. The van der Waals surface area contributed by atoms with Gasteiger partial charge in [0.2, 0.25) is 0 Å². The number of ether oxygens (including phenoxy) is 1. The Kier molecular flexibility index (Phi) is 3.91. The molecule has 0 aromatic heterocycles. The monoisotopic (exact) mass is 185 g/mol. The molecular formula is C9H12ClNO. The van der Waals surface area contributed by atoms with Gasteiger partial charge in [-0.05, 0) is 17.7 Å². The van der Waals surface area contributed by atoms with Crippen LogP contribution in [-0.2, 0) is 6.54 Å². The second-order valence-electron chi connectivity index (χ2n) is 2.41. The van der Waals surface area contributed by atoms with E-state index in [1.54, 1.807) is 7.11 Å². The van der Waals surface area contributed by atoms with Crippen LogP contribution in [0, 0.1) is 0 Å². The minimum absolute atomic E-state index is 0.469. The van der Waals surface area contributed by atoms with Crippen molar-refractivity contribution in [1.29, 1.82) is 0 Å². The maximum Gasteiger partial charge on any atom is 0.119 e. The van der Waals surface area contributed by atoms with Crippen LogP contribution in [0.3, 0.4) is 0 Å². The molecule has 12 heavy (non-hydrogen) atoms. The summed E-state index contributed by atoms with van der Waals surface area (Å²) in [6.45, 7) is 0.778. The molecule has 1 aromatic carbocycles. The van der Waals surface area contributed by atoms with E-state index in [1.807, 2.05) is 24.3 Å². The molecule has 1 rings (SSSR count). The lowest BCUT2D eigenvalue weighted by Gasteiger charge is -2.03. The van der Waals surface area contributed by atoms with Gasteiger partial charge in [-0.15, -0.1) is 11.6 Å². The molecule has 66 valence electrons. The fraction of sp³-hybridized carbons (Fsp3) is 0.333. The summed E-state index contributed by atoms with van der Waals surface area (Å²) in [5, 5.41) is 3.03. The maximum atomic E-state index is 5.48. The first-order valence-corrected chi connectivity index (χ1v) is 4.30. The molecule has 1 aromatic rings. The topological polar surface area (TPSA) is 21.3 Å². The molecule has 0 amide bonds. The van der Waals surface area contributed by atoms with Crippen LogP contribution in [0.5, 0.6) is 5.75 Å². The quantitative estimate of drug-likeness (QED) is 0.572. The molecule has 0 saturated heterocycles. The first-order valence-electron chi connectivity index (χ1n) is 3.76. The lowest BCUT2D eigenvalue weighted by atomic mass is 10.2. The number of hydrogen-bond acceptors (Lipinski definition) is 2. The minimum atomic E-state index is 0.469. The van der Waals surface area contributed by atoms with E-state index in [0.717, 1.165) is 12.3 Å². The van der Waals surface area contributed by atoms with E-state index in [1.165, 1.54) is 5.56 Å². The molecule has 0 heterocycles. The van der Waals surface area contributed by atoms with Crippen LogP contribution in [0.2, 0.25) is 0 Å². The third-order valence-electron chi connectivity index (χ3n) is 1.56. The van der Waals surface area contributed by atoms with Gasteiger partial charge < -0.3 is 4.74 Å². The Bertz CT molecular complexity index is 240. The minimum Gasteiger partial charge on any atom is -0.497 e. The maximum absolute atomic E-state index is 5.48. The van der Waals surface area contributed by atoms with Gasteiger partial charge in [-0.3, -0.25) is 5.32 Å². The van der Waals surface area contributed by atoms with Gasteiger partial charge in [0.25, 0.3) is 0 Å². The van der Waals surface area contributed by atoms with Crippen LogP contribution < -0.4 is 10.1 Å². The highest BCUT2D eigenvalue weighted by atomic mass is 35.5. The van der Waals surface area contributed by atoms with E-state index >= 15 is 0 Å². The summed E-state index contributed by atoms with van der Waals surface area (Å²) in [4.78, 5) is 0. The summed E-state index contributed by atoms with van der Waals surface area (Å²) in [5.41, 5.74) is 1.18. The van der Waals surface area contributed by atoms with E-state index in [0.29, 0.717) is 6.00 Å². The molecule has 0 bridgehead atoms. The SMILES string of the molecule is COc1cccc(CNCCl)c1. The molecular weight excluding hydrogens is 174 g/mol. The van der Waals surface area contributed by atoms with Crippen molar-refractivity contribution in [3.8, 4) is 5.75 Å². The van der Waals surface area contributed by atoms with Gasteiger partial charge in [-0.1, -0.05) is 12.1 Å². The highest BCUT2D eigenvalue weighted by Crippen LogP contribution is 2.11. The van der Waals surface area contributed by atoms with Crippen LogP contribution in [-0.4, -0.2) is 13.1 Å². The molecule has 2 nitrogen and oxygen atoms in total. The first kappa shape index (κ1) is 9.36. The van der Waals surface area contributed by atoms with Gasteiger partial charge >= 0.3 is 0 Å². The second kappa shape index (κ2) is 5.01. The Hall–Kier alpha value is -0.730. The third kappa shape index (κ3) is 2.72. The van der Waals surface area contributed by atoms with Gasteiger partial charge in [-0.2, -0.15) is 0 Å². The van der Waals surface area contributed by atoms with Crippen molar-refractivity contribution < 1.29 is 4.74 Å². The first-order chi connectivity index (χ1) is 5.86. The van der Waals surface area contributed by atoms with Crippen molar-refractivity contribution in [1.82, 2.24) is 5.32 Å². The van der Waals surface area contributed by atoms with Crippen molar-refractivity contribution in [3.05, 3.63) is 29.8 Å². The van der Waals surface area contributed by atoms with Gasteiger partial charge in [0.15, 0.2) is 0 Å². The molecule has 3 heteroatoms. The van der Waals surface area contributed by atoms with Crippen LogP contribution >= 0.6 is 11.6 Å². The largest absolute Gasteiger partial charge is 0.497 e. The van der Waals surface area contributed by atoms with E-state index in [4.69, 9.17) is 16.3 Å². The number of methoxy groups -OCH3 is 1. The Labute approximate surface area is 77.5 Å². The Morgan fingerprint density at radius 1 is 1.50 bits per heavy atom. The summed E-state index contributed by atoms with van der Waals surface area (Å²) < 4.78 is 5.07. The number of nitrogens with one attached hydrogen (secondary N) is 1. The van der Waals surface area contributed by atoms with Gasteiger partial charge in [0.1, 0.15) is 5.75 Å². The number of rotatable bonds is 4. The molecule has 0 atom stereocenters. The van der Waals surface area contributed by atoms with E-state index < -0.39 is 0 Å². The normalized spacial score (nSPS) is 9.83.